The van der Waals surface area contributed by atoms with Crippen LogP contribution in [0.4, 0.5) is 0 Å². The van der Waals surface area contributed by atoms with Gasteiger partial charge in [0.2, 0.25) is 5.91 Å². The van der Waals surface area contributed by atoms with Crippen molar-refractivity contribution in [2.24, 2.45) is 0 Å². The molecule has 0 fully saturated rings. The van der Waals surface area contributed by atoms with Crippen molar-refractivity contribution in [2.75, 3.05) is 0 Å². The molecule has 2 aromatic carbocycles. The number of aromatic nitrogens is 4. The minimum Gasteiger partial charge on any atom is -0.508 e. The van der Waals surface area contributed by atoms with Crippen LogP contribution < -0.4 is 5.32 Å². The Balaban J connectivity index is 1.70. The Bertz CT molecular complexity index is 832. The molecule has 1 aromatic heterocycles. The molecule has 0 saturated carbocycles. The van der Waals surface area contributed by atoms with Gasteiger partial charge in [0.15, 0.2) is 5.82 Å². The molecule has 7 nitrogen and oxygen atoms in total. The lowest BCUT2D eigenvalue weighted by Gasteiger charge is -2.13. The summed E-state index contributed by atoms with van der Waals surface area (Å²) in [7, 11) is 0. The van der Waals surface area contributed by atoms with Gasteiger partial charge in [-0.3, -0.25) is 4.79 Å². The van der Waals surface area contributed by atoms with Crippen molar-refractivity contribution < 1.29 is 9.90 Å². The second-order valence-electron chi connectivity index (χ2n) is 5.42. The summed E-state index contributed by atoms with van der Waals surface area (Å²) in [5.41, 5.74) is 1.56. The van der Waals surface area contributed by atoms with Crippen molar-refractivity contribution in [3.8, 4) is 11.4 Å². The van der Waals surface area contributed by atoms with E-state index in [4.69, 9.17) is 0 Å². The molecule has 0 aliphatic rings. The number of amides is 1. The van der Waals surface area contributed by atoms with E-state index < -0.39 is 0 Å². The average molecular weight is 323 g/mol. The molecule has 24 heavy (non-hydrogen) atoms. The molecule has 0 unspecified atom stereocenters. The third-order valence-corrected chi connectivity index (χ3v) is 3.53. The van der Waals surface area contributed by atoms with Crippen molar-refractivity contribution in [1.29, 1.82) is 0 Å². The number of para-hydroxylation sites is 1. The summed E-state index contributed by atoms with van der Waals surface area (Å²) < 4.78 is 1.60. The van der Waals surface area contributed by atoms with Gasteiger partial charge in [-0.1, -0.05) is 30.3 Å². The lowest BCUT2D eigenvalue weighted by molar-refractivity contribution is -0.121. The number of aromatic hydroxyl groups is 1. The van der Waals surface area contributed by atoms with Gasteiger partial charge in [0.25, 0.3) is 0 Å². The van der Waals surface area contributed by atoms with Gasteiger partial charge in [0.05, 0.1) is 18.2 Å². The molecule has 1 amide bonds. The molecule has 0 saturated heterocycles. The summed E-state index contributed by atoms with van der Waals surface area (Å²) in [4.78, 5) is 12.2. The van der Waals surface area contributed by atoms with E-state index in [1.54, 1.807) is 28.9 Å². The van der Waals surface area contributed by atoms with Crippen LogP contribution >= 0.6 is 0 Å². The van der Waals surface area contributed by atoms with Gasteiger partial charge in [-0.25, -0.2) is 0 Å². The van der Waals surface area contributed by atoms with E-state index in [-0.39, 0.29) is 24.1 Å². The first kappa shape index (κ1) is 15.7. The molecule has 1 atom stereocenters. The average Bonchev–Trinajstić information content (AvgIpc) is 3.05. The van der Waals surface area contributed by atoms with Crippen molar-refractivity contribution in [3.05, 3.63) is 66.0 Å². The summed E-state index contributed by atoms with van der Waals surface area (Å²) in [6.07, 6.45) is 0.172. The monoisotopic (exact) mass is 323 g/mol. The maximum Gasteiger partial charge on any atom is 0.225 e. The van der Waals surface area contributed by atoms with Gasteiger partial charge in [0, 0.05) is 0 Å². The summed E-state index contributed by atoms with van der Waals surface area (Å²) in [6, 6.07) is 15.8. The van der Waals surface area contributed by atoms with Crippen LogP contribution in [0.2, 0.25) is 0 Å². The van der Waals surface area contributed by atoms with E-state index in [1.165, 1.54) is 0 Å². The number of phenolic OH excluding ortho intramolecular Hbond substituents is 1. The lowest BCUT2D eigenvalue weighted by Crippen LogP contribution is -2.30. The predicted molar refractivity (Wildman–Crippen MR) is 87.5 cm³/mol. The third-order valence-electron chi connectivity index (χ3n) is 3.53. The van der Waals surface area contributed by atoms with Gasteiger partial charge in [-0.05, 0) is 47.2 Å². The summed E-state index contributed by atoms with van der Waals surface area (Å²) >= 11 is 0. The normalized spacial score (nSPS) is 11.9. The van der Waals surface area contributed by atoms with Crippen LogP contribution in [0, 0.1) is 0 Å². The molecule has 7 heteroatoms. The van der Waals surface area contributed by atoms with Crippen LogP contribution in [-0.4, -0.2) is 31.2 Å². The van der Waals surface area contributed by atoms with Gasteiger partial charge >= 0.3 is 0 Å². The van der Waals surface area contributed by atoms with Crippen molar-refractivity contribution in [2.45, 2.75) is 19.4 Å². The number of phenols is 1. The fraction of sp³-hybridized carbons (Fsp3) is 0.176. The molecule has 0 bridgehead atoms. The Hall–Kier alpha value is -3.22. The lowest BCUT2D eigenvalue weighted by atomic mass is 10.1. The van der Waals surface area contributed by atoms with Crippen LogP contribution in [-0.2, 0) is 11.2 Å². The highest BCUT2D eigenvalue weighted by atomic mass is 16.3. The van der Waals surface area contributed by atoms with E-state index >= 15 is 0 Å². The Morgan fingerprint density at radius 2 is 2.00 bits per heavy atom. The topological polar surface area (TPSA) is 92.9 Å². The van der Waals surface area contributed by atoms with E-state index in [0.29, 0.717) is 5.82 Å². The fourth-order valence-corrected chi connectivity index (χ4v) is 2.43. The van der Waals surface area contributed by atoms with E-state index in [0.717, 1.165) is 11.3 Å². The second-order valence-corrected chi connectivity index (χ2v) is 5.42. The largest absolute Gasteiger partial charge is 0.508 e. The first-order valence-corrected chi connectivity index (χ1v) is 7.54. The van der Waals surface area contributed by atoms with Crippen LogP contribution in [0.1, 0.15) is 24.4 Å². The number of nitrogens with zero attached hydrogens (tertiary/aromatic N) is 4. The maximum absolute atomic E-state index is 12.2. The zero-order valence-corrected chi connectivity index (χ0v) is 13.1. The predicted octanol–water partition coefficient (Wildman–Crippen LogP) is 1.79. The molecule has 0 aliphatic carbocycles. The summed E-state index contributed by atoms with van der Waals surface area (Å²) in [5, 5.41) is 24.0. The SMILES string of the molecule is C[C@@H](NC(=O)Cc1cccc(O)c1)c1nnnn1-c1ccccc1. The molecule has 1 heterocycles. The van der Waals surface area contributed by atoms with Gasteiger partial charge in [-0.15, -0.1) is 5.10 Å². The number of tetrazole rings is 1. The number of carbonyl (C=O) groups is 1. The van der Waals surface area contributed by atoms with E-state index in [1.807, 2.05) is 37.3 Å². The summed E-state index contributed by atoms with van der Waals surface area (Å²) in [5.74, 6) is 0.516. The number of rotatable bonds is 5. The smallest absolute Gasteiger partial charge is 0.225 e. The Morgan fingerprint density at radius 1 is 1.21 bits per heavy atom. The third kappa shape index (κ3) is 3.57. The number of benzene rings is 2. The van der Waals surface area contributed by atoms with Crippen molar-refractivity contribution >= 4 is 5.91 Å². The minimum absolute atomic E-state index is 0.140. The zero-order valence-electron chi connectivity index (χ0n) is 13.1. The quantitative estimate of drug-likeness (QED) is 0.746. The number of hydrogen-bond donors (Lipinski definition) is 2. The maximum atomic E-state index is 12.2. The molecule has 0 aliphatic heterocycles. The van der Waals surface area contributed by atoms with Gasteiger partial charge in [0.1, 0.15) is 5.75 Å². The van der Waals surface area contributed by atoms with Crippen LogP contribution in [0.25, 0.3) is 5.69 Å². The molecule has 2 N–H and O–H groups in total. The number of hydrogen-bond acceptors (Lipinski definition) is 5. The van der Waals surface area contributed by atoms with Gasteiger partial charge < -0.3 is 10.4 Å². The number of carbonyl (C=O) groups excluding carboxylic acids is 1. The highest BCUT2D eigenvalue weighted by Gasteiger charge is 2.18. The Morgan fingerprint density at radius 3 is 2.75 bits per heavy atom. The molecular formula is C17H17N5O2. The first-order valence-electron chi connectivity index (χ1n) is 7.54. The summed E-state index contributed by atoms with van der Waals surface area (Å²) in [6.45, 7) is 1.82. The first-order chi connectivity index (χ1) is 11.6. The highest BCUT2D eigenvalue weighted by Crippen LogP contribution is 2.15. The van der Waals surface area contributed by atoms with Crippen LogP contribution in [0.15, 0.2) is 54.6 Å². The second kappa shape index (κ2) is 6.91. The number of nitrogens with one attached hydrogen (secondary N) is 1. The highest BCUT2D eigenvalue weighted by molar-refractivity contribution is 5.79. The van der Waals surface area contributed by atoms with Gasteiger partial charge in [-0.2, -0.15) is 4.68 Å². The van der Waals surface area contributed by atoms with Crippen LogP contribution in [0.3, 0.4) is 0 Å². The molecule has 0 spiro atoms. The molecule has 3 aromatic rings. The zero-order chi connectivity index (χ0) is 16.9. The van der Waals surface area contributed by atoms with E-state index in [2.05, 4.69) is 20.8 Å². The van der Waals surface area contributed by atoms with E-state index in [9.17, 15) is 9.90 Å². The van der Waals surface area contributed by atoms with Crippen molar-refractivity contribution in [1.82, 2.24) is 25.5 Å². The molecule has 122 valence electrons. The van der Waals surface area contributed by atoms with Crippen LogP contribution in [0.5, 0.6) is 5.75 Å². The molecule has 0 radical (unpaired) electrons. The Labute approximate surface area is 138 Å². The minimum atomic E-state index is -0.356. The standard InChI is InChI=1S/C17H17N5O2/c1-12(18-16(24)11-13-6-5-9-15(23)10-13)17-19-20-21-22(17)14-7-3-2-4-8-14/h2-10,12,23H,11H2,1H3,(H,18,24)/t12-/m1/s1. The molecular weight excluding hydrogens is 306 g/mol. The fourth-order valence-electron chi connectivity index (χ4n) is 2.43. The Kier molecular flexibility index (Phi) is 4.51. The molecule has 3 rings (SSSR count). The van der Waals surface area contributed by atoms with Crippen molar-refractivity contribution in [3.63, 3.8) is 0 Å².